The number of aliphatic hydroxyl groups excluding tert-OH is 1. The van der Waals surface area contributed by atoms with Gasteiger partial charge in [0.2, 0.25) is 5.91 Å². The van der Waals surface area contributed by atoms with Crippen LogP contribution in [0.3, 0.4) is 0 Å². The number of carbonyl (C=O) groups excluding carboxylic acids is 1. The molecule has 0 aliphatic rings. The molecule has 1 amide bonds. The van der Waals surface area contributed by atoms with Gasteiger partial charge in [0.05, 0.1) is 6.54 Å². The zero-order valence-corrected chi connectivity index (χ0v) is 12.1. The molecule has 112 valence electrons. The smallest absolute Gasteiger partial charge is 0.238 e. The van der Waals surface area contributed by atoms with E-state index in [1.165, 1.54) is 0 Å². The van der Waals surface area contributed by atoms with E-state index in [0.717, 1.165) is 37.1 Å². The molecular formula is C15H25N3O2. The van der Waals surface area contributed by atoms with Crippen LogP contribution in [0.4, 0.5) is 5.69 Å². The maximum atomic E-state index is 11.8. The van der Waals surface area contributed by atoms with Gasteiger partial charge in [-0.2, -0.15) is 0 Å². The summed E-state index contributed by atoms with van der Waals surface area (Å²) in [6, 6.07) is 7.55. The highest BCUT2D eigenvalue weighted by Gasteiger charge is 2.06. The summed E-state index contributed by atoms with van der Waals surface area (Å²) in [6.45, 7) is 1.98. The molecule has 1 aromatic carbocycles. The van der Waals surface area contributed by atoms with E-state index < -0.39 is 0 Å². The molecule has 4 N–H and O–H groups in total. The fourth-order valence-electron chi connectivity index (χ4n) is 1.92. The molecule has 1 rings (SSSR count). The van der Waals surface area contributed by atoms with Gasteiger partial charge in [-0.25, -0.2) is 0 Å². The van der Waals surface area contributed by atoms with Crippen LogP contribution in [-0.2, 0) is 11.3 Å². The molecule has 0 atom stereocenters. The predicted molar refractivity (Wildman–Crippen MR) is 81.4 cm³/mol. The van der Waals surface area contributed by atoms with Gasteiger partial charge < -0.3 is 16.2 Å². The molecule has 0 saturated heterocycles. The number of amides is 1. The fourth-order valence-corrected chi connectivity index (χ4v) is 1.92. The Kier molecular flexibility index (Phi) is 7.87. The van der Waals surface area contributed by atoms with Crippen LogP contribution in [0.2, 0.25) is 0 Å². The van der Waals surface area contributed by atoms with E-state index in [4.69, 9.17) is 10.8 Å². The third-order valence-corrected chi connectivity index (χ3v) is 3.08. The molecule has 20 heavy (non-hydrogen) atoms. The van der Waals surface area contributed by atoms with Crippen LogP contribution >= 0.6 is 0 Å². The van der Waals surface area contributed by atoms with Crippen molar-refractivity contribution in [2.45, 2.75) is 25.8 Å². The first-order valence-electron chi connectivity index (χ1n) is 7.04. The summed E-state index contributed by atoms with van der Waals surface area (Å²) in [5, 5.41) is 11.6. The number of nitrogens with zero attached hydrogens (tertiary/aromatic N) is 1. The second kappa shape index (κ2) is 9.47. The van der Waals surface area contributed by atoms with E-state index >= 15 is 0 Å². The van der Waals surface area contributed by atoms with Crippen molar-refractivity contribution in [2.75, 3.05) is 32.1 Å². The van der Waals surface area contributed by atoms with E-state index in [2.05, 4.69) is 5.32 Å². The maximum Gasteiger partial charge on any atom is 0.238 e. The highest BCUT2D eigenvalue weighted by atomic mass is 16.2. The van der Waals surface area contributed by atoms with Gasteiger partial charge in [-0.05, 0) is 50.6 Å². The Balaban J connectivity index is 2.27. The zero-order chi connectivity index (χ0) is 14.8. The Morgan fingerprint density at radius 1 is 1.25 bits per heavy atom. The van der Waals surface area contributed by atoms with Crippen molar-refractivity contribution < 1.29 is 9.90 Å². The summed E-state index contributed by atoms with van der Waals surface area (Å²) < 4.78 is 0. The second-order valence-corrected chi connectivity index (χ2v) is 4.97. The van der Waals surface area contributed by atoms with Crippen molar-refractivity contribution >= 4 is 11.6 Å². The van der Waals surface area contributed by atoms with Crippen LogP contribution < -0.4 is 11.1 Å². The molecule has 0 aliphatic carbocycles. The van der Waals surface area contributed by atoms with E-state index in [-0.39, 0.29) is 12.5 Å². The SMILES string of the molecule is CN(CCCCCO)CC(=O)Nc1ccc(CN)cc1. The minimum Gasteiger partial charge on any atom is -0.396 e. The summed E-state index contributed by atoms with van der Waals surface area (Å²) in [5.41, 5.74) is 7.36. The van der Waals surface area contributed by atoms with Gasteiger partial charge in [-0.15, -0.1) is 0 Å². The van der Waals surface area contributed by atoms with Gasteiger partial charge in [-0.3, -0.25) is 9.69 Å². The van der Waals surface area contributed by atoms with E-state index in [0.29, 0.717) is 13.1 Å². The number of nitrogens with one attached hydrogen (secondary N) is 1. The average molecular weight is 279 g/mol. The number of hydrogen-bond donors (Lipinski definition) is 3. The maximum absolute atomic E-state index is 11.8. The van der Waals surface area contributed by atoms with Gasteiger partial charge in [-0.1, -0.05) is 12.1 Å². The molecule has 0 aliphatic heterocycles. The summed E-state index contributed by atoms with van der Waals surface area (Å²) in [6.07, 6.45) is 2.81. The zero-order valence-electron chi connectivity index (χ0n) is 12.1. The number of benzene rings is 1. The van der Waals surface area contributed by atoms with Crippen LogP contribution in [0.25, 0.3) is 0 Å². The van der Waals surface area contributed by atoms with E-state index in [9.17, 15) is 4.79 Å². The number of rotatable bonds is 9. The highest BCUT2D eigenvalue weighted by Crippen LogP contribution is 2.09. The number of likely N-dealkylation sites (N-methyl/N-ethyl adjacent to an activating group) is 1. The van der Waals surface area contributed by atoms with Crippen LogP contribution in [0.5, 0.6) is 0 Å². The minimum absolute atomic E-state index is 0.0184. The first kappa shape index (κ1) is 16.6. The molecule has 0 aromatic heterocycles. The Bertz CT molecular complexity index is 393. The molecular weight excluding hydrogens is 254 g/mol. The summed E-state index contributed by atoms with van der Waals surface area (Å²) in [5.74, 6) is -0.0184. The normalized spacial score (nSPS) is 10.8. The molecule has 0 unspecified atom stereocenters. The average Bonchev–Trinajstić information content (AvgIpc) is 2.44. The van der Waals surface area contributed by atoms with Crippen molar-refractivity contribution in [3.05, 3.63) is 29.8 Å². The van der Waals surface area contributed by atoms with Crippen LogP contribution in [0, 0.1) is 0 Å². The number of anilines is 1. The van der Waals surface area contributed by atoms with Crippen molar-refractivity contribution in [2.24, 2.45) is 5.73 Å². The van der Waals surface area contributed by atoms with Crippen molar-refractivity contribution in [3.63, 3.8) is 0 Å². The monoisotopic (exact) mass is 279 g/mol. The second-order valence-electron chi connectivity index (χ2n) is 4.97. The molecule has 0 bridgehead atoms. The molecule has 5 heteroatoms. The van der Waals surface area contributed by atoms with Gasteiger partial charge >= 0.3 is 0 Å². The Morgan fingerprint density at radius 2 is 1.95 bits per heavy atom. The first-order valence-corrected chi connectivity index (χ1v) is 7.04. The van der Waals surface area contributed by atoms with Crippen LogP contribution in [-0.4, -0.2) is 42.7 Å². The van der Waals surface area contributed by atoms with Gasteiger partial charge in [0.15, 0.2) is 0 Å². The number of carbonyl (C=O) groups is 1. The highest BCUT2D eigenvalue weighted by molar-refractivity contribution is 5.92. The molecule has 1 aromatic rings. The van der Waals surface area contributed by atoms with Crippen LogP contribution in [0.15, 0.2) is 24.3 Å². The predicted octanol–water partition coefficient (Wildman–Crippen LogP) is 1.18. The molecule has 0 fully saturated rings. The lowest BCUT2D eigenvalue weighted by molar-refractivity contribution is -0.117. The Hall–Kier alpha value is -1.43. The first-order chi connectivity index (χ1) is 9.65. The lowest BCUT2D eigenvalue weighted by Gasteiger charge is -2.16. The summed E-state index contributed by atoms with van der Waals surface area (Å²) >= 11 is 0. The largest absolute Gasteiger partial charge is 0.396 e. The van der Waals surface area contributed by atoms with E-state index in [1.807, 2.05) is 36.2 Å². The molecule has 0 spiro atoms. The van der Waals surface area contributed by atoms with Crippen molar-refractivity contribution in [1.29, 1.82) is 0 Å². The summed E-state index contributed by atoms with van der Waals surface area (Å²) in [7, 11) is 1.93. The van der Waals surface area contributed by atoms with Gasteiger partial charge in [0.1, 0.15) is 0 Å². The Morgan fingerprint density at radius 3 is 2.55 bits per heavy atom. The topological polar surface area (TPSA) is 78.6 Å². The number of unbranched alkanes of at least 4 members (excludes halogenated alkanes) is 2. The van der Waals surface area contributed by atoms with Gasteiger partial charge in [0, 0.05) is 18.8 Å². The molecule has 0 saturated carbocycles. The number of aliphatic hydroxyl groups is 1. The number of nitrogens with two attached hydrogens (primary N) is 1. The number of hydrogen-bond acceptors (Lipinski definition) is 4. The lowest BCUT2D eigenvalue weighted by atomic mass is 10.2. The van der Waals surface area contributed by atoms with Crippen molar-refractivity contribution in [1.82, 2.24) is 4.90 Å². The van der Waals surface area contributed by atoms with E-state index in [1.54, 1.807) is 0 Å². The van der Waals surface area contributed by atoms with Gasteiger partial charge in [0.25, 0.3) is 0 Å². The third kappa shape index (κ3) is 6.65. The fraction of sp³-hybridized carbons (Fsp3) is 0.533. The lowest BCUT2D eigenvalue weighted by Crippen LogP contribution is -2.30. The van der Waals surface area contributed by atoms with Crippen molar-refractivity contribution in [3.8, 4) is 0 Å². The molecule has 0 radical (unpaired) electrons. The molecule has 5 nitrogen and oxygen atoms in total. The quantitative estimate of drug-likeness (QED) is 0.593. The van der Waals surface area contributed by atoms with Crippen LogP contribution in [0.1, 0.15) is 24.8 Å². The third-order valence-electron chi connectivity index (χ3n) is 3.08. The summed E-state index contributed by atoms with van der Waals surface area (Å²) in [4.78, 5) is 13.8. The minimum atomic E-state index is -0.0184. The standard InChI is InChI=1S/C15H25N3O2/c1-18(9-3-2-4-10-19)12-15(20)17-14-7-5-13(11-16)6-8-14/h5-8,19H,2-4,9-12,16H2,1H3,(H,17,20). The molecule has 0 heterocycles. The Labute approximate surface area is 120 Å².